The lowest BCUT2D eigenvalue weighted by Gasteiger charge is -2.21. The molecule has 11 nitrogen and oxygen atoms in total. The van der Waals surface area contributed by atoms with Crippen LogP contribution in [-0.4, -0.2) is 62.6 Å². The SMILES string of the molecule is CCOP(=O)(COC1CC(n2cnc3c(=O)[nH]c(N)nc32)C(F)C1O)OCC. The molecule has 1 aliphatic carbocycles. The third-order valence-electron chi connectivity index (χ3n) is 4.45. The molecule has 0 radical (unpaired) electrons. The largest absolute Gasteiger partial charge is 0.387 e. The Morgan fingerprint density at radius 3 is 2.75 bits per heavy atom. The van der Waals surface area contributed by atoms with Gasteiger partial charge in [-0.1, -0.05) is 0 Å². The van der Waals surface area contributed by atoms with E-state index in [1.807, 2.05) is 0 Å². The summed E-state index contributed by atoms with van der Waals surface area (Å²) in [6.07, 6.45) is -3.25. The number of nitrogen functional groups attached to an aromatic ring is 1. The Morgan fingerprint density at radius 2 is 2.11 bits per heavy atom. The zero-order valence-electron chi connectivity index (χ0n) is 15.4. The average molecular weight is 419 g/mol. The Kier molecular flexibility index (Phi) is 6.15. The molecule has 3 rings (SSSR count). The van der Waals surface area contributed by atoms with E-state index in [0.29, 0.717) is 0 Å². The van der Waals surface area contributed by atoms with Crippen molar-refractivity contribution in [2.75, 3.05) is 25.3 Å². The molecule has 0 saturated heterocycles. The average Bonchev–Trinajstić information content (AvgIpc) is 3.16. The molecule has 156 valence electrons. The van der Waals surface area contributed by atoms with Gasteiger partial charge in [0.25, 0.3) is 5.56 Å². The van der Waals surface area contributed by atoms with Gasteiger partial charge < -0.3 is 29.2 Å². The van der Waals surface area contributed by atoms with Crippen molar-refractivity contribution >= 4 is 24.7 Å². The molecule has 1 fully saturated rings. The maximum Gasteiger partial charge on any atom is 0.356 e. The summed E-state index contributed by atoms with van der Waals surface area (Å²) in [6.45, 7) is 3.64. The van der Waals surface area contributed by atoms with Crippen LogP contribution in [0.4, 0.5) is 10.3 Å². The van der Waals surface area contributed by atoms with Crippen molar-refractivity contribution in [1.29, 1.82) is 0 Å². The molecule has 28 heavy (non-hydrogen) atoms. The summed E-state index contributed by atoms with van der Waals surface area (Å²) in [5, 5.41) is 10.2. The van der Waals surface area contributed by atoms with Crippen molar-refractivity contribution in [2.45, 2.75) is 44.7 Å². The Labute approximate surface area is 159 Å². The van der Waals surface area contributed by atoms with Crippen molar-refractivity contribution < 1.29 is 27.8 Å². The number of nitrogens with one attached hydrogen (secondary N) is 1. The lowest BCUT2D eigenvalue weighted by atomic mass is 10.2. The molecule has 0 amide bonds. The minimum Gasteiger partial charge on any atom is -0.387 e. The number of H-pyrrole nitrogens is 1. The molecule has 4 atom stereocenters. The Balaban J connectivity index is 1.80. The predicted octanol–water partition coefficient (Wildman–Crippen LogP) is 0.954. The van der Waals surface area contributed by atoms with Crippen LogP contribution in [0.5, 0.6) is 0 Å². The molecule has 1 saturated carbocycles. The van der Waals surface area contributed by atoms with Crippen LogP contribution in [-0.2, 0) is 18.3 Å². The van der Waals surface area contributed by atoms with Gasteiger partial charge >= 0.3 is 7.60 Å². The number of fused-ring (bicyclic) bond motifs is 1. The third-order valence-corrected chi connectivity index (χ3v) is 6.22. The molecule has 0 spiro atoms. The number of aromatic nitrogens is 4. The standard InChI is InChI=1S/C15H23FN5O6P/c1-3-26-28(24,27-4-2)7-25-9-5-8(10(16)12(9)22)21-6-18-11-13(21)19-15(17)20-14(11)23/h6,8-10,12,22H,3-5,7H2,1-2H3,(H3,17,19,20,23). The fourth-order valence-electron chi connectivity index (χ4n) is 3.25. The van der Waals surface area contributed by atoms with Crippen LogP contribution in [0, 0.1) is 0 Å². The Morgan fingerprint density at radius 1 is 1.43 bits per heavy atom. The summed E-state index contributed by atoms with van der Waals surface area (Å²) in [5.74, 6) is -0.129. The summed E-state index contributed by atoms with van der Waals surface area (Å²) < 4.78 is 44.4. The monoisotopic (exact) mass is 419 g/mol. The summed E-state index contributed by atoms with van der Waals surface area (Å²) >= 11 is 0. The highest BCUT2D eigenvalue weighted by Crippen LogP contribution is 2.49. The van der Waals surface area contributed by atoms with E-state index in [4.69, 9.17) is 19.5 Å². The van der Waals surface area contributed by atoms with Gasteiger partial charge in [-0.05, 0) is 13.8 Å². The maximum atomic E-state index is 14.8. The number of aliphatic hydroxyl groups is 1. The minimum atomic E-state index is -3.50. The molecular formula is C15H23FN5O6P. The number of aromatic amines is 1. The lowest BCUT2D eigenvalue weighted by Crippen LogP contribution is -2.30. The van der Waals surface area contributed by atoms with Gasteiger partial charge in [-0.25, -0.2) is 9.37 Å². The second kappa shape index (κ2) is 8.26. The molecule has 1 aliphatic rings. The van der Waals surface area contributed by atoms with Gasteiger partial charge in [0.05, 0.1) is 31.7 Å². The van der Waals surface area contributed by atoms with Crippen molar-refractivity contribution in [1.82, 2.24) is 19.5 Å². The molecule has 2 aromatic rings. The second-order valence-electron chi connectivity index (χ2n) is 6.29. The first-order chi connectivity index (χ1) is 13.3. The number of hydrogen-bond acceptors (Lipinski definition) is 9. The first kappa shape index (κ1) is 20.9. The van der Waals surface area contributed by atoms with Crippen LogP contribution in [0.15, 0.2) is 11.1 Å². The second-order valence-corrected chi connectivity index (χ2v) is 8.29. The molecule has 0 aliphatic heterocycles. The fourth-order valence-corrected chi connectivity index (χ4v) is 4.64. The number of nitrogens with zero attached hydrogens (tertiary/aromatic N) is 3. The van der Waals surface area contributed by atoms with E-state index in [9.17, 15) is 18.9 Å². The van der Waals surface area contributed by atoms with Crippen molar-refractivity contribution in [3.05, 3.63) is 16.7 Å². The number of imidazole rings is 1. The van der Waals surface area contributed by atoms with Crippen LogP contribution in [0.1, 0.15) is 26.3 Å². The van der Waals surface area contributed by atoms with Crippen LogP contribution in [0.2, 0.25) is 0 Å². The van der Waals surface area contributed by atoms with Gasteiger partial charge in [-0.3, -0.25) is 14.3 Å². The number of aliphatic hydroxyl groups excluding tert-OH is 1. The van der Waals surface area contributed by atoms with E-state index in [2.05, 4.69) is 15.0 Å². The minimum absolute atomic E-state index is 0.0115. The Hall–Kier alpha value is -1.85. The highest BCUT2D eigenvalue weighted by molar-refractivity contribution is 7.53. The van der Waals surface area contributed by atoms with E-state index in [0.717, 1.165) is 0 Å². The predicted molar refractivity (Wildman–Crippen MR) is 97.7 cm³/mol. The van der Waals surface area contributed by atoms with Gasteiger partial charge in [0.1, 0.15) is 18.6 Å². The highest BCUT2D eigenvalue weighted by Gasteiger charge is 2.46. The van der Waals surface area contributed by atoms with Crippen molar-refractivity contribution in [3.63, 3.8) is 0 Å². The van der Waals surface area contributed by atoms with E-state index in [-0.39, 0.29) is 36.7 Å². The molecule has 4 N–H and O–H groups in total. The maximum absolute atomic E-state index is 14.8. The lowest BCUT2D eigenvalue weighted by molar-refractivity contribution is -0.0283. The quantitative estimate of drug-likeness (QED) is 0.531. The molecular weight excluding hydrogens is 396 g/mol. The zero-order valence-corrected chi connectivity index (χ0v) is 16.3. The van der Waals surface area contributed by atoms with E-state index in [1.165, 1.54) is 10.9 Å². The molecule has 0 bridgehead atoms. The van der Waals surface area contributed by atoms with Gasteiger partial charge in [-0.15, -0.1) is 0 Å². The Bertz CT molecular complexity index is 925. The number of nitrogens with two attached hydrogens (primary N) is 1. The van der Waals surface area contributed by atoms with Crippen LogP contribution < -0.4 is 11.3 Å². The zero-order chi connectivity index (χ0) is 20.5. The van der Waals surface area contributed by atoms with Gasteiger partial charge in [0, 0.05) is 6.42 Å². The number of alkyl halides is 1. The first-order valence-corrected chi connectivity index (χ1v) is 10.6. The van der Waals surface area contributed by atoms with E-state index >= 15 is 0 Å². The third kappa shape index (κ3) is 3.96. The van der Waals surface area contributed by atoms with Crippen molar-refractivity contribution in [3.8, 4) is 0 Å². The fraction of sp³-hybridized carbons (Fsp3) is 0.667. The van der Waals surface area contributed by atoms with Gasteiger partial charge in [0.15, 0.2) is 11.2 Å². The number of hydrogen-bond donors (Lipinski definition) is 3. The van der Waals surface area contributed by atoms with Crippen LogP contribution >= 0.6 is 7.60 Å². The molecule has 13 heteroatoms. The number of ether oxygens (including phenoxy) is 1. The molecule has 4 unspecified atom stereocenters. The van der Waals surface area contributed by atoms with Gasteiger partial charge in [0.2, 0.25) is 5.95 Å². The summed E-state index contributed by atoms with van der Waals surface area (Å²) in [6, 6.07) is -0.891. The number of rotatable bonds is 8. The van der Waals surface area contributed by atoms with E-state index < -0.39 is 43.9 Å². The summed E-state index contributed by atoms with van der Waals surface area (Å²) in [7, 11) is -3.50. The van der Waals surface area contributed by atoms with Crippen LogP contribution in [0.25, 0.3) is 11.2 Å². The van der Waals surface area contributed by atoms with Crippen molar-refractivity contribution in [2.24, 2.45) is 0 Å². The smallest absolute Gasteiger partial charge is 0.356 e. The molecule has 2 aromatic heterocycles. The number of anilines is 1. The normalized spacial score (nSPS) is 25.6. The summed E-state index contributed by atoms with van der Waals surface area (Å²) in [4.78, 5) is 22.2. The topological polar surface area (TPSA) is 155 Å². The van der Waals surface area contributed by atoms with Gasteiger partial charge in [-0.2, -0.15) is 4.98 Å². The summed E-state index contributed by atoms with van der Waals surface area (Å²) in [5.41, 5.74) is 5.13. The highest BCUT2D eigenvalue weighted by atomic mass is 31.2. The molecule has 0 aromatic carbocycles. The number of halogens is 1. The first-order valence-electron chi connectivity index (χ1n) is 8.83. The molecule has 2 heterocycles. The van der Waals surface area contributed by atoms with E-state index in [1.54, 1.807) is 13.8 Å². The van der Waals surface area contributed by atoms with Crippen LogP contribution in [0.3, 0.4) is 0 Å².